The van der Waals surface area contributed by atoms with E-state index in [4.69, 9.17) is 22.1 Å². The Kier molecular flexibility index (Phi) is 6.37. The van der Waals surface area contributed by atoms with Crippen LogP contribution in [-0.2, 0) is 0 Å². The van der Waals surface area contributed by atoms with Crippen LogP contribution in [0.1, 0.15) is 11.1 Å². The van der Waals surface area contributed by atoms with Crippen LogP contribution in [0.4, 0.5) is 5.69 Å². The monoisotopic (exact) mass is 388 g/mol. The number of hydrogen-bond donors (Lipinski definition) is 0. The molecule has 0 radical (unpaired) electrons. The molecule has 3 rings (SSSR count). The lowest BCUT2D eigenvalue weighted by atomic mass is 10.1. The Morgan fingerprint density at radius 2 is 1.57 bits per heavy atom. The number of piperazine rings is 1. The Morgan fingerprint density at radius 3 is 2.18 bits per heavy atom. The van der Waals surface area contributed by atoms with Crippen LogP contribution in [0, 0.1) is 29.6 Å². The van der Waals surface area contributed by atoms with E-state index in [2.05, 4.69) is 41.0 Å². The molecule has 0 N–H and O–H groups in total. The average molecular weight is 389 g/mol. The van der Waals surface area contributed by atoms with Gasteiger partial charge in [0, 0.05) is 31.9 Å². The molecule has 1 fully saturated rings. The van der Waals surface area contributed by atoms with Gasteiger partial charge in [-0.25, -0.2) is 0 Å². The van der Waals surface area contributed by atoms with Crippen molar-refractivity contribution < 1.29 is 0 Å². The highest BCUT2D eigenvalue weighted by Crippen LogP contribution is 2.28. The van der Waals surface area contributed by atoms with Crippen LogP contribution in [0.25, 0.3) is 5.70 Å². The van der Waals surface area contributed by atoms with Crippen LogP contribution in [0.5, 0.6) is 0 Å². The molecule has 0 bridgehead atoms. The van der Waals surface area contributed by atoms with Crippen LogP contribution >= 0.6 is 11.6 Å². The maximum Gasteiger partial charge on any atom is 0.129 e. The van der Waals surface area contributed by atoms with E-state index >= 15 is 0 Å². The van der Waals surface area contributed by atoms with Crippen LogP contribution in [0.15, 0.2) is 66.3 Å². The molecule has 1 heterocycles. The molecule has 0 aliphatic carbocycles. The van der Waals surface area contributed by atoms with Crippen molar-refractivity contribution in [1.29, 1.82) is 10.5 Å². The van der Waals surface area contributed by atoms with Gasteiger partial charge in [0.15, 0.2) is 0 Å². The number of rotatable bonds is 4. The van der Waals surface area contributed by atoms with Crippen molar-refractivity contribution in [2.24, 2.45) is 0 Å². The first-order valence-electron chi connectivity index (χ1n) is 9.16. The molecule has 140 valence electrons. The van der Waals surface area contributed by atoms with E-state index in [0.29, 0.717) is 0 Å². The SMILES string of the molecule is Cc1ccc(/C(=C/C=C(C#N)C#N)N2CCN(c3ccccc3Cl)CC2)cc1. The van der Waals surface area contributed by atoms with Gasteiger partial charge in [-0.15, -0.1) is 0 Å². The lowest BCUT2D eigenvalue weighted by Crippen LogP contribution is -2.45. The average Bonchev–Trinajstić information content (AvgIpc) is 2.73. The summed E-state index contributed by atoms with van der Waals surface area (Å²) in [6.07, 6.45) is 3.47. The smallest absolute Gasteiger partial charge is 0.129 e. The van der Waals surface area contributed by atoms with Gasteiger partial charge >= 0.3 is 0 Å². The molecule has 0 atom stereocenters. The Balaban J connectivity index is 1.84. The van der Waals surface area contributed by atoms with E-state index in [-0.39, 0.29) is 5.57 Å². The van der Waals surface area contributed by atoms with E-state index in [9.17, 15) is 0 Å². The minimum atomic E-state index is 0.0966. The van der Waals surface area contributed by atoms with Crippen LogP contribution in [0.2, 0.25) is 5.02 Å². The predicted octanol–water partition coefficient (Wildman–Crippen LogP) is 4.79. The van der Waals surface area contributed by atoms with E-state index in [1.54, 1.807) is 6.08 Å². The van der Waals surface area contributed by atoms with Crippen LogP contribution < -0.4 is 4.90 Å². The summed E-state index contributed by atoms with van der Waals surface area (Å²) in [6, 6.07) is 20.0. The third-order valence-electron chi connectivity index (χ3n) is 4.81. The molecular formula is C23H21ClN4. The summed E-state index contributed by atoms with van der Waals surface area (Å²) in [5.74, 6) is 0. The molecule has 0 unspecified atom stereocenters. The predicted molar refractivity (Wildman–Crippen MR) is 114 cm³/mol. The highest BCUT2D eigenvalue weighted by Gasteiger charge is 2.21. The highest BCUT2D eigenvalue weighted by molar-refractivity contribution is 6.33. The zero-order chi connectivity index (χ0) is 19.9. The van der Waals surface area contributed by atoms with Crippen molar-refractivity contribution in [2.45, 2.75) is 6.92 Å². The largest absolute Gasteiger partial charge is 0.368 e. The third kappa shape index (κ3) is 4.55. The molecule has 0 saturated carbocycles. The number of nitriles is 2. The van der Waals surface area contributed by atoms with Gasteiger partial charge in [-0.1, -0.05) is 53.6 Å². The van der Waals surface area contributed by atoms with Gasteiger partial charge in [0.05, 0.1) is 10.7 Å². The number of para-hydroxylation sites is 1. The number of halogens is 1. The second-order valence-corrected chi connectivity index (χ2v) is 7.05. The van der Waals surface area contributed by atoms with E-state index in [0.717, 1.165) is 48.1 Å². The van der Waals surface area contributed by atoms with Crippen molar-refractivity contribution >= 4 is 23.0 Å². The van der Waals surface area contributed by atoms with E-state index < -0.39 is 0 Å². The van der Waals surface area contributed by atoms with Crippen molar-refractivity contribution in [2.75, 3.05) is 31.1 Å². The number of benzene rings is 2. The Morgan fingerprint density at radius 1 is 0.929 bits per heavy atom. The van der Waals surface area contributed by atoms with Crippen molar-refractivity contribution in [3.63, 3.8) is 0 Å². The summed E-state index contributed by atoms with van der Waals surface area (Å²) in [4.78, 5) is 4.58. The maximum absolute atomic E-state index is 9.04. The second-order valence-electron chi connectivity index (χ2n) is 6.65. The lowest BCUT2D eigenvalue weighted by molar-refractivity contribution is 0.367. The van der Waals surface area contributed by atoms with Gasteiger partial charge in [0.2, 0.25) is 0 Å². The van der Waals surface area contributed by atoms with Gasteiger partial charge in [0.25, 0.3) is 0 Å². The molecule has 0 spiro atoms. The third-order valence-corrected chi connectivity index (χ3v) is 5.13. The number of allylic oxidation sites excluding steroid dienone is 3. The first-order chi connectivity index (χ1) is 13.6. The normalized spacial score (nSPS) is 14.2. The Bertz CT molecular complexity index is 953. The molecule has 1 saturated heterocycles. The molecule has 0 amide bonds. The summed E-state index contributed by atoms with van der Waals surface area (Å²) >= 11 is 6.35. The fourth-order valence-electron chi connectivity index (χ4n) is 3.27. The molecule has 4 nitrogen and oxygen atoms in total. The van der Waals surface area contributed by atoms with Gasteiger partial charge in [-0.05, 0) is 36.8 Å². The van der Waals surface area contributed by atoms with Crippen molar-refractivity contribution in [1.82, 2.24) is 4.90 Å². The van der Waals surface area contributed by atoms with E-state index in [1.165, 1.54) is 5.56 Å². The molecular weight excluding hydrogens is 368 g/mol. The van der Waals surface area contributed by atoms with Crippen LogP contribution in [-0.4, -0.2) is 31.1 Å². The number of nitrogens with zero attached hydrogens (tertiary/aromatic N) is 4. The summed E-state index contributed by atoms with van der Waals surface area (Å²) in [5.41, 5.74) is 4.43. The van der Waals surface area contributed by atoms with Crippen molar-refractivity contribution in [3.05, 3.63) is 82.4 Å². The molecule has 0 aromatic heterocycles. The highest BCUT2D eigenvalue weighted by atomic mass is 35.5. The van der Waals surface area contributed by atoms with Crippen LogP contribution in [0.3, 0.4) is 0 Å². The zero-order valence-electron chi connectivity index (χ0n) is 15.8. The lowest BCUT2D eigenvalue weighted by Gasteiger charge is -2.39. The minimum absolute atomic E-state index is 0.0966. The topological polar surface area (TPSA) is 54.1 Å². The quantitative estimate of drug-likeness (QED) is 0.558. The first kappa shape index (κ1) is 19.5. The Hall–Kier alpha value is -3.21. The first-order valence-corrected chi connectivity index (χ1v) is 9.54. The Labute approximate surface area is 171 Å². The fourth-order valence-corrected chi connectivity index (χ4v) is 3.52. The molecule has 5 heteroatoms. The summed E-state index contributed by atoms with van der Waals surface area (Å²) < 4.78 is 0. The second kappa shape index (κ2) is 9.13. The van der Waals surface area contributed by atoms with Gasteiger partial charge in [-0.3, -0.25) is 0 Å². The number of aryl methyl sites for hydroxylation is 1. The minimum Gasteiger partial charge on any atom is -0.368 e. The van der Waals surface area contributed by atoms with Crippen molar-refractivity contribution in [3.8, 4) is 12.1 Å². The number of hydrogen-bond acceptors (Lipinski definition) is 4. The molecule has 2 aromatic carbocycles. The molecule has 1 aliphatic heterocycles. The van der Waals surface area contributed by atoms with Gasteiger partial charge in [-0.2, -0.15) is 10.5 Å². The van der Waals surface area contributed by atoms with E-state index in [1.807, 2.05) is 42.5 Å². The molecule has 2 aromatic rings. The standard InChI is InChI=1S/C23H21ClN4/c1-18-6-9-20(10-7-18)22(11-8-19(16-25)17-26)27-12-14-28(15-13-27)23-5-3-2-4-21(23)24/h2-11H,12-15H2,1H3/b22-11-. The van der Waals surface area contributed by atoms with Gasteiger partial charge < -0.3 is 9.80 Å². The summed E-state index contributed by atoms with van der Waals surface area (Å²) in [7, 11) is 0. The van der Waals surface area contributed by atoms with Gasteiger partial charge in [0.1, 0.15) is 17.7 Å². The molecule has 28 heavy (non-hydrogen) atoms. The maximum atomic E-state index is 9.04. The fraction of sp³-hybridized carbons (Fsp3) is 0.217. The molecule has 1 aliphatic rings. The zero-order valence-corrected chi connectivity index (χ0v) is 16.5. The summed E-state index contributed by atoms with van der Waals surface area (Å²) in [6.45, 7) is 5.40. The summed E-state index contributed by atoms with van der Waals surface area (Å²) in [5, 5.41) is 18.8. The number of anilines is 1.